The van der Waals surface area contributed by atoms with E-state index in [0.717, 1.165) is 18.1 Å². The van der Waals surface area contributed by atoms with Crippen molar-refractivity contribution >= 4 is 22.9 Å². The van der Waals surface area contributed by atoms with Gasteiger partial charge in [0.2, 0.25) is 0 Å². The molecule has 0 spiro atoms. The van der Waals surface area contributed by atoms with Crippen molar-refractivity contribution in [1.82, 2.24) is 4.90 Å². The van der Waals surface area contributed by atoms with Crippen LogP contribution in [0.1, 0.15) is 29.0 Å². The third kappa shape index (κ3) is 2.20. The van der Waals surface area contributed by atoms with E-state index in [1.54, 1.807) is 4.88 Å². The summed E-state index contributed by atoms with van der Waals surface area (Å²) in [7, 11) is 0. The monoisotopic (exact) mass is 277 g/mol. The van der Waals surface area contributed by atoms with E-state index in [0.29, 0.717) is 6.04 Å². The van der Waals surface area contributed by atoms with Crippen molar-refractivity contribution in [3.05, 3.63) is 56.7 Å². The first-order valence-electron chi connectivity index (χ1n) is 6.29. The number of thiophene rings is 1. The lowest BCUT2D eigenvalue weighted by molar-refractivity contribution is 0.194. The van der Waals surface area contributed by atoms with Crippen LogP contribution < -0.4 is 0 Å². The predicted molar refractivity (Wildman–Crippen MR) is 78.3 cm³/mol. The molecule has 0 fully saturated rings. The summed E-state index contributed by atoms with van der Waals surface area (Å²) in [4.78, 5) is 4.06. The van der Waals surface area contributed by atoms with Crippen LogP contribution in [0.25, 0.3) is 0 Å². The lowest BCUT2D eigenvalue weighted by atomic mass is 10.0. The molecule has 1 nitrogen and oxygen atoms in total. The summed E-state index contributed by atoms with van der Waals surface area (Å²) in [5.41, 5.74) is 2.72. The minimum absolute atomic E-state index is 0.381. The Hall–Kier alpha value is -0.830. The molecule has 3 rings (SSSR count). The van der Waals surface area contributed by atoms with Crippen molar-refractivity contribution in [1.29, 1.82) is 0 Å². The largest absolute Gasteiger partial charge is 0.292 e. The highest BCUT2D eigenvalue weighted by molar-refractivity contribution is 7.10. The SMILES string of the molecule is C[C@@H](c1ccccc1Cl)N1CCc2sccc2C1. The number of nitrogens with zero attached hydrogens (tertiary/aromatic N) is 1. The van der Waals surface area contributed by atoms with Crippen molar-refractivity contribution in [2.75, 3.05) is 6.54 Å². The van der Waals surface area contributed by atoms with Gasteiger partial charge in [0.1, 0.15) is 0 Å². The molecule has 0 saturated heterocycles. The van der Waals surface area contributed by atoms with Crippen molar-refractivity contribution in [3.63, 3.8) is 0 Å². The van der Waals surface area contributed by atoms with Gasteiger partial charge in [-0.15, -0.1) is 11.3 Å². The second kappa shape index (κ2) is 5.04. The van der Waals surface area contributed by atoms with Gasteiger partial charge < -0.3 is 0 Å². The van der Waals surface area contributed by atoms with Crippen LogP contribution in [0, 0.1) is 0 Å². The molecule has 0 amide bonds. The fraction of sp³-hybridized carbons (Fsp3) is 0.333. The molecule has 0 bridgehead atoms. The zero-order chi connectivity index (χ0) is 12.5. The van der Waals surface area contributed by atoms with Crippen molar-refractivity contribution < 1.29 is 0 Å². The summed E-state index contributed by atoms with van der Waals surface area (Å²) in [6.45, 7) is 4.42. The maximum Gasteiger partial charge on any atom is 0.0453 e. The van der Waals surface area contributed by atoms with Gasteiger partial charge in [0, 0.05) is 29.0 Å². The van der Waals surface area contributed by atoms with E-state index in [1.807, 2.05) is 23.5 Å². The van der Waals surface area contributed by atoms with E-state index < -0.39 is 0 Å². The van der Waals surface area contributed by atoms with Crippen LogP contribution in [-0.2, 0) is 13.0 Å². The summed E-state index contributed by atoms with van der Waals surface area (Å²) >= 11 is 8.18. The van der Waals surface area contributed by atoms with E-state index >= 15 is 0 Å². The van der Waals surface area contributed by atoms with Crippen LogP contribution in [0.3, 0.4) is 0 Å². The molecular weight excluding hydrogens is 262 g/mol. The molecule has 0 radical (unpaired) electrons. The first-order chi connectivity index (χ1) is 8.75. The van der Waals surface area contributed by atoms with E-state index in [4.69, 9.17) is 11.6 Å². The number of hydrogen-bond donors (Lipinski definition) is 0. The highest BCUT2D eigenvalue weighted by Gasteiger charge is 2.23. The van der Waals surface area contributed by atoms with Crippen molar-refractivity contribution in [2.24, 2.45) is 0 Å². The molecule has 2 heterocycles. The molecule has 1 atom stereocenters. The quantitative estimate of drug-likeness (QED) is 0.780. The Labute approximate surface area is 117 Å². The van der Waals surface area contributed by atoms with Crippen LogP contribution in [0.5, 0.6) is 0 Å². The number of benzene rings is 1. The molecule has 1 aromatic heterocycles. The third-order valence-corrected chi connectivity index (χ3v) is 5.11. The van der Waals surface area contributed by atoms with Gasteiger partial charge in [-0.25, -0.2) is 0 Å². The average molecular weight is 278 g/mol. The van der Waals surface area contributed by atoms with Gasteiger partial charge in [-0.1, -0.05) is 29.8 Å². The van der Waals surface area contributed by atoms with Gasteiger partial charge in [0.05, 0.1) is 0 Å². The van der Waals surface area contributed by atoms with Gasteiger partial charge in [-0.2, -0.15) is 0 Å². The minimum atomic E-state index is 0.381. The molecule has 0 aliphatic carbocycles. The highest BCUT2D eigenvalue weighted by Crippen LogP contribution is 2.32. The zero-order valence-corrected chi connectivity index (χ0v) is 12.0. The maximum atomic E-state index is 6.29. The lowest BCUT2D eigenvalue weighted by Crippen LogP contribution is -2.32. The first kappa shape index (κ1) is 12.2. The van der Waals surface area contributed by atoms with Gasteiger partial charge in [-0.05, 0) is 42.0 Å². The molecule has 1 aliphatic heterocycles. The Morgan fingerprint density at radius 3 is 2.94 bits per heavy atom. The smallest absolute Gasteiger partial charge is 0.0453 e. The molecule has 2 aromatic rings. The molecule has 1 aliphatic rings. The second-order valence-corrected chi connectivity index (χ2v) is 6.19. The standard InChI is InChI=1S/C15H16ClNS/c1-11(13-4-2-3-5-14(13)16)17-8-6-15-12(10-17)7-9-18-15/h2-5,7,9,11H,6,8,10H2,1H3/t11-/m0/s1. The molecule has 0 unspecified atom stereocenters. The fourth-order valence-corrected chi connectivity index (χ4v) is 3.79. The summed E-state index contributed by atoms with van der Waals surface area (Å²) in [5.74, 6) is 0. The molecular formula is C15H16ClNS. The predicted octanol–water partition coefficient (Wildman–Crippen LogP) is 4.52. The minimum Gasteiger partial charge on any atom is -0.292 e. The zero-order valence-electron chi connectivity index (χ0n) is 10.4. The number of rotatable bonds is 2. The average Bonchev–Trinajstić information content (AvgIpc) is 2.85. The van der Waals surface area contributed by atoms with Gasteiger partial charge in [0.15, 0.2) is 0 Å². The topological polar surface area (TPSA) is 3.24 Å². The van der Waals surface area contributed by atoms with E-state index in [-0.39, 0.29) is 0 Å². The lowest BCUT2D eigenvalue weighted by Gasteiger charge is -2.33. The van der Waals surface area contributed by atoms with E-state index in [2.05, 4.69) is 35.4 Å². The van der Waals surface area contributed by atoms with Gasteiger partial charge in [0.25, 0.3) is 0 Å². The normalized spacial score (nSPS) is 17.4. The second-order valence-electron chi connectivity index (χ2n) is 4.79. The molecule has 18 heavy (non-hydrogen) atoms. The summed E-state index contributed by atoms with van der Waals surface area (Å²) < 4.78 is 0. The molecule has 3 heteroatoms. The third-order valence-electron chi connectivity index (χ3n) is 3.74. The van der Waals surface area contributed by atoms with Gasteiger partial charge in [-0.3, -0.25) is 4.90 Å². The first-order valence-corrected chi connectivity index (χ1v) is 7.55. The summed E-state index contributed by atoms with van der Waals surface area (Å²) in [5, 5.41) is 3.08. The Morgan fingerprint density at radius 1 is 1.28 bits per heavy atom. The van der Waals surface area contributed by atoms with Crippen LogP contribution in [0.15, 0.2) is 35.7 Å². The number of hydrogen-bond acceptors (Lipinski definition) is 2. The Kier molecular flexibility index (Phi) is 3.42. The number of halogens is 1. The Balaban J connectivity index is 1.83. The maximum absolute atomic E-state index is 6.29. The Morgan fingerprint density at radius 2 is 2.11 bits per heavy atom. The van der Waals surface area contributed by atoms with E-state index in [9.17, 15) is 0 Å². The van der Waals surface area contributed by atoms with Gasteiger partial charge >= 0.3 is 0 Å². The Bertz CT molecular complexity index is 549. The van der Waals surface area contributed by atoms with Crippen molar-refractivity contribution in [3.8, 4) is 0 Å². The molecule has 1 aromatic carbocycles. The highest BCUT2D eigenvalue weighted by atomic mass is 35.5. The van der Waals surface area contributed by atoms with Crippen molar-refractivity contribution in [2.45, 2.75) is 25.9 Å². The number of fused-ring (bicyclic) bond motifs is 1. The van der Waals surface area contributed by atoms with Crippen LogP contribution in [0.4, 0.5) is 0 Å². The van der Waals surface area contributed by atoms with Crippen LogP contribution >= 0.6 is 22.9 Å². The fourth-order valence-electron chi connectivity index (χ4n) is 2.61. The van der Waals surface area contributed by atoms with Crippen LogP contribution in [0.2, 0.25) is 5.02 Å². The molecule has 94 valence electrons. The molecule has 0 saturated carbocycles. The van der Waals surface area contributed by atoms with E-state index in [1.165, 1.54) is 17.5 Å². The van der Waals surface area contributed by atoms with Crippen LogP contribution in [-0.4, -0.2) is 11.4 Å². The summed E-state index contributed by atoms with van der Waals surface area (Å²) in [6, 6.07) is 10.8. The summed E-state index contributed by atoms with van der Waals surface area (Å²) in [6.07, 6.45) is 1.17. The molecule has 0 N–H and O–H groups in total.